The minimum absolute atomic E-state index is 0.00625. The third-order valence-electron chi connectivity index (χ3n) is 8.62. The van der Waals surface area contributed by atoms with Gasteiger partial charge in [0.1, 0.15) is 23.8 Å². The number of carbonyl (C=O) groups is 3. The summed E-state index contributed by atoms with van der Waals surface area (Å²) in [4.78, 5) is 37.9. The van der Waals surface area contributed by atoms with Gasteiger partial charge in [-0.15, -0.1) is 0 Å². The molecule has 6 rings (SSSR count). The van der Waals surface area contributed by atoms with E-state index >= 15 is 0 Å². The van der Waals surface area contributed by atoms with E-state index in [4.69, 9.17) is 13.9 Å². The van der Waals surface area contributed by atoms with E-state index in [2.05, 4.69) is 10.6 Å². The van der Waals surface area contributed by atoms with Crippen molar-refractivity contribution in [2.45, 2.75) is 83.1 Å². The third-order valence-corrected chi connectivity index (χ3v) is 8.62. The highest BCUT2D eigenvalue weighted by Gasteiger charge is 2.47. The van der Waals surface area contributed by atoms with Gasteiger partial charge >= 0.3 is 0 Å². The van der Waals surface area contributed by atoms with Crippen molar-refractivity contribution in [1.29, 1.82) is 0 Å². The minimum atomic E-state index is -0.461. The van der Waals surface area contributed by atoms with E-state index in [9.17, 15) is 23.9 Å². The van der Waals surface area contributed by atoms with Crippen LogP contribution in [0, 0.1) is 12.7 Å². The molecule has 0 radical (unpaired) electrons. The average Bonchev–Trinajstić information content (AvgIpc) is 3.27. The van der Waals surface area contributed by atoms with Crippen molar-refractivity contribution in [3.05, 3.63) is 58.6 Å². The van der Waals surface area contributed by atoms with Crippen LogP contribution in [0.25, 0.3) is 11.0 Å². The molecule has 3 amide bonds. The van der Waals surface area contributed by atoms with Crippen LogP contribution in [-0.2, 0) is 16.1 Å². The summed E-state index contributed by atoms with van der Waals surface area (Å²) in [6.07, 6.45) is 5.54. The van der Waals surface area contributed by atoms with E-state index in [1.165, 1.54) is 12.1 Å². The molecule has 0 atom stereocenters. The van der Waals surface area contributed by atoms with Gasteiger partial charge in [-0.3, -0.25) is 14.4 Å². The molecule has 10 nitrogen and oxygen atoms in total. The predicted octanol–water partition coefficient (Wildman–Crippen LogP) is 4.59. The Bertz CT molecular complexity index is 1520. The number of nitrogens with zero attached hydrogens (tertiary/aromatic N) is 1. The lowest BCUT2D eigenvalue weighted by atomic mass is 9.84. The van der Waals surface area contributed by atoms with Gasteiger partial charge in [0.15, 0.2) is 5.75 Å². The van der Waals surface area contributed by atoms with Crippen LogP contribution < -0.4 is 15.4 Å². The molecule has 2 heterocycles. The molecule has 3 aliphatic rings. The summed E-state index contributed by atoms with van der Waals surface area (Å²) < 4.78 is 30.4. The topological polar surface area (TPSA) is 130 Å². The van der Waals surface area contributed by atoms with E-state index in [1.54, 1.807) is 26.2 Å². The zero-order chi connectivity index (χ0) is 30.9. The zero-order valence-corrected chi connectivity index (χ0v) is 24.9. The van der Waals surface area contributed by atoms with Crippen molar-refractivity contribution in [2.24, 2.45) is 0 Å². The number of rotatable bonds is 7. The van der Waals surface area contributed by atoms with Gasteiger partial charge in [0.2, 0.25) is 12.2 Å². The molecular formula is C32H38FN3O7. The number of carbonyl (C=O) groups excluding carboxylic acids is 3. The molecule has 0 bridgehead atoms. The Hall–Kier alpha value is -4.12. The number of halogens is 1. The second kappa shape index (κ2) is 12.2. The van der Waals surface area contributed by atoms with E-state index < -0.39 is 5.54 Å². The number of amides is 3. The van der Waals surface area contributed by atoms with Crippen LogP contribution in [0.4, 0.5) is 4.39 Å². The van der Waals surface area contributed by atoms with E-state index in [1.807, 2.05) is 24.8 Å². The third kappa shape index (κ3) is 6.04. The molecule has 2 saturated carbocycles. The molecule has 1 aliphatic heterocycles. The number of methoxy groups -OCH3 is 1. The largest absolute Gasteiger partial charge is 0.508 e. The quantitative estimate of drug-likeness (QED) is 0.341. The lowest BCUT2D eigenvalue weighted by Gasteiger charge is -2.48. The van der Waals surface area contributed by atoms with Crippen LogP contribution in [0.1, 0.15) is 78.0 Å². The van der Waals surface area contributed by atoms with E-state index in [0.717, 1.165) is 37.5 Å². The molecule has 0 unspecified atom stereocenters. The van der Waals surface area contributed by atoms with E-state index in [0.29, 0.717) is 41.0 Å². The molecule has 43 heavy (non-hydrogen) atoms. The summed E-state index contributed by atoms with van der Waals surface area (Å²) >= 11 is 0. The molecule has 11 heteroatoms. The molecule has 3 aromatic rings. The van der Waals surface area contributed by atoms with Crippen LogP contribution in [0.5, 0.6) is 11.5 Å². The molecular weight excluding hydrogens is 557 g/mol. The number of phenols is 1. The Morgan fingerprint density at radius 3 is 2.63 bits per heavy atom. The lowest BCUT2D eigenvalue weighted by molar-refractivity contribution is -0.109. The number of hydrogen-bond acceptors (Lipinski definition) is 7. The zero-order valence-electron chi connectivity index (χ0n) is 24.9. The van der Waals surface area contributed by atoms with Crippen molar-refractivity contribution in [1.82, 2.24) is 15.5 Å². The van der Waals surface area contributed by atoms with Gasteiger partial charge in [-0.25, -0.2) is 4.39 Å². The fraction of sp³-hybridized carbons (Fsp3) is 0.469. The number of aromatic hydroxyl groups is 1. The van der Waals surface area contributed by atoms with Crippen LogP contribution in [0.15, 0.2) is 34.7 Å². The highest BCUT2D eigenvalue weighted by atomic mass is 19.1. The Labute approximate surface area is 249 Å². The first-order valence-electron chi connectivity index (χ1n) is 14.5. The monoisotopic (exact) mass is 595 g/mol. The second-order valence-corrected chi connectivity index (χ2v) is 12.0. The average molecular weight is 596 g/mol. The number of benzene rings is 2. The van der Waals surface area contributed by atoms with Gasteiger partial charge in [-0.1, -0.05) is 0 Å². The molecule has 2 aromatic carbocycles. The number of fused-ring (bicyclic) bond motifs is 3. The highest BCUT2D eigenvalue weighted by molar-refractivity contribution is 6.04. The number of furan rings is 1. The Balaban J connectivity index is 0.000000239. The summed E-state index contributed by atoms with van der Waals surface area (Å²) in [5, 5.41) is 15.4. The molecule has 230 valence electrons. The van der Waals surface area contributed by atoms with Crippen molar-refractivity contribution in [3.8, 4) is 11.5 Å². The van der Waals surface area contributed by atoms with Gasteiger partial charge in [0.05, 0.1) is 17.0 Å². The number of phenolic OH excluding ortho intramolecular Hbond substituents is 1. The van der Waals surface area contributed by atoms with Crippen LogP contribution >= 0.6 is 0 Å². The van der Waals surface area contributed by atoms with Crippen molar-refractivity contribution in [2.75, 3.05) is 13.7 Å². The van der Waals surface area contributed by atoms with Crippen molar-refractivity contribution >= 4 is 29.2 Å². The predicted molar refractivity (Wildman–Crippen MR) is 157 cm³/mol. The van der Waals surface area contributed by atoms with Crippen molar-refractivity contribution in [3.63, 3.8) is 0 Å². The maximum Gasteiger partial charge on any atom is 0.294 e. The summed E-state index contributed by atoms with van der Waals surface area (Å²) in [6.45, 7) is 6.10. The molecule has 3 N–H and O–H groups in total. The van der Waals surface area contributed by atoms with Crippen LogP contribution in [-0.4, -0.2) is 65.7 Å². The normalized spacial score (nSPS) is 20.9. The SMILES string of the molecule is COC1CC(N2C(=O)c3oc4cc(C(=O)NC5CCC5)ccc4c3OCC2(C)C)C1.Cc1c(F)ccc(O)c1CNC=O. The molecule has 2 fully saturated rings. The Kier molecular flexibility index (Phi) is 8.64. The minimum Gasteiger partial charge on any atom is -0.508 e. The lowest BCUT2D eigenvalue weighted by Crippen LogP contribution is -2.59. The molecule has 0 saturated heterocycles. The van der Waals surface area contributed by atoms with Gasteiger partial charge in [-0.05, 0) is 88.8 Å². The first-order valence-corrected chi connectivity index (χ1v) is 14.5. The Morgan fingerprint density at radius 1 is 1.23 bits per heavy atom. The van der Waals surface area contributed by atoms with Crippen LogP contribution in [0.3, 0.4) is 0 Å². The van der Waals surface area contributed by atoms with E-state index in [-0.39, 0.29) is 53.9 Å². The molecule has 1 aromatic heterocycles. The number of ether oxygens (including phenoxy) is 2. The summed E-state index contributed by atoms with van der Waals surface area (Å²) in [6, 6.07) is 8.11. The maximum absolute atomic E-state index is 13.5. The standard InChI is InChI=1S/C23H28N2O5.C9H10FNO2/c1-23(2)12-29-19-17-8-7-13(21(26)24-14-5-4-6-14)9-18(17)30-20(19)22(27)25(23)15-10-16(11-15)28-3;1-6-7(4-11-5-12)9(13)3-2-8(6)10/h7-9,14-16H,4-6,10-12H2,1-3H3,(H,24,26);2-3,5,13H,4H2,1H3,(H,11,12). The van der Waals surface area contributed by atoms with Crippen molar-refractivity contribution < 1.29 is 37.8 Å². The van der Waals surface area contributed by atoms with Gasteiger partial charge in [0.25, 0.3) is 11.8 Å². The second-order valence-electron chi connectivity index (χ2n) is 12.0. The maximum atomic E-state index is 13.5. The van der Waals surface area contributed by atoms with Gasteiger partial charge < -0.3 is 34.5 Å². The summed E-state index contributed by atoms with van der Waals surface area (Å²) in [5.41, 5.74) is 1.33. The summed E-state index contributed by atoms with van der Waals surface area (Å²) in [5.74, 6) is 0.0212. The summed E-state index contributed by atoms with van der Waals surface area (Å²) in [7, 11) is 1.70. The number of nitrogens with one attached hydrogen (secondary N) is 2. The fourth-order valence-corrected chi connectivity index (χ4v) is 5.70. The smallest absolute Gasteiger partial charge is 0.294 e. The first kappa shape index (κ1) is 30.3. The van der Waals surface area contributed by atoms with Crippen LogP contribution in [0.2, 0.25) is 0 Å². The van der Waals surface area contributed by atoms with Gasteiger partial charge in [-0.2, -0.15) is 0 Å². The molecule has 2 aliphatic carbocycles. The number of hydrogen-bond donors (Lipinski definition) is 3. The fourth-order valence-electron chi connectivity index (χ4n) is 5.70. The highest BCUT2D eigenvalue weighted by Crippen LogP contribution is 2.42. The Morgan fingerprint density at radius 2 is 1.98 bits per heavy atom. The van der Waals surface area contributed by atoms with Gasteiger partial charge in [0, 0.05) is 36.9 Å². The first-order chi connectivity index (χ1) is 20.5. The molecule has 0 spiro atoms.